The number of nitrogens with two attached hydrogens (primary N) is 1. The van der Waals surface area contributed by atoms with Gasteiger partial charge >= 0.3 is 0 Å². The molecule has 134 valence electrons. The first kappa shape index (κ1) is 18.0. The van der Waals surface area contributed by atoms with Crippen LogP contribution < -0.4 is 16.0 Å². The fourth-order valence-corrected chi connectivity index (χ4v) is 2.74. The van der Waals surface area contributed by atoms with Crippen molar-refractivity contribution in [2.24, 2.45) is 5.84 Å². The predicted octanol–water partition coefficient (Wildman–Crippen LogP) is 4.29. The van der Waals surface area contributed by atoms with Gasteiger partial charge in [0.05, 0.1) is 6.04 Å². The zero-order valence-electron chi connectivity index (χ0n) is 14.2. The molecular weight excluding hydrogens is 334 g/mol. The van der Waals surface area contributed by atoms with Crippen LogP contribution >= 0.6 is 0 Å². The Morgan fingerprint density at radius 2 is 1.65 bits per heavy atom. The molecule has 1 atom stereocenters. The maximum absolute atomic E-state index is 13.4. The van der Waals surface area contributed by atoms with E-state index >= 15 is 0 Å². The lowest BCUT2D eigenvalue weighted by atomic mass is 9.99. The second-order valence-corrected chi connectivity index (χ2v) is 6.02. The van der Waals surface area contributed by atoms with Gasteiger partial charge in [-0.3, -0.25) is 11.3 Å². The molecule has 3 nitrogen and oxygen atoms in total. The third kappa shape index (κ3) is 4.65. The van der Waals surface area contributed by atoms with E-state index in [0.29, 0.717) is 18.6 Å². The van der Waals surface area contributed by atoms with Crippen LogP contribution in [-0.2, 0) is 13.0 Å². The third-order valence-corrected chi connectivity index (χ3v) is 4.13. The van der Waals surface area contributed by atoms with E-state index in [4.69, 9.17) is 10.6 Å². The summed E-state index contributed by atoms with van der Waals surface area (Å²) in [4.78, 5) is 0. The molecule has 0 aliphatic rings. The van der Waals surface area contributed by atoms with Crippen LogP contribution in [0.3, 0.4) is 0 Å². The summed E-state index contributed by atoms with van der Waals surface area (Å²) in [6.45, 7) is 0.466. The van der Waals surface area contributed by atoms with Gasteiger partial charge in [-0.05, 0) is 47.4 Å². The van der Waals surface area contributed by atoms with Crippen molar-refractivity contribution in [1.29, 1.82) is 0 Å². The van der Waals surface area contributed by atoms with E-state index in [1.54, 1.807) is 6.07 Å². The summed E-state index contributed by atoms with van der Waals surface area (Å²) in [7, 11) is 0. The molecule has 3 N–H and O–H groups in total. The second-order valence-electron chi connectivity index (χ2n) is 6.02. The molecule has 0 saturated heterocycles. The summed E-state index contributed by atoms with van der Waals surface area (Å²) in [5, 5.41) is 0. The van der Waals surface area contributed by atoms with Crippen molar-refractivity contribution in [3.8, 4) is 5.75 Å². The van der Waals surface area contributed by atoms with Crippen LogP contribution in [0.5, 0.6) is 5.75 Å². The molecule has 0 bridgehead atoms. The van der Waals surface area contributed by atoms with E-state index in [1.807, 2.05) is 54.6 Å². The zero-order valence-corrected chi connectivity index (χ0v) is 14.2. The highest BCUT2D eigenvalue weighted by atomic mass is 19.2. The predicted molar refractivity (Wildman–Crippen MR) is 97.3 cm³/mol. The lowest BCUT2D eigenvalue weighted by molar-refractivity contribution is 0.305. The lowest BCUT2D eigenvalue weighted by Crippen LogP contribution is -2.29. The molecule has 26 heavy (non-hydrogen) atoms. The molecule has 3 aromatic carbocycles. The number of hydrogen-bond acceptors (Lipinski definition) is 3. The minimum Gasteiger partial charge on any atom is -0.489 e. The van der Waals surface area contributed by atoms with Crippen molar-refractivity contribution in [2.45, 2.75) is 19.1 Å². The summed E-state index contributed by atoms with van der Waals surface area (Å²) >= 11 is 0. The quantitative estimate of drug-likeness (QED) is 0.491. The van der Waals surface area contributed by atoms with Crippen LogP contribution in [0.2, 0.25) is 0 Å². The summed E-state index contributed by atoms with van der Waals surface area (Å²) in [6, 6.07) is 21.1. The molecule has 0 fully saturated rings. The Bertz CT molecular complexity index is 856. The van der Waals surface area contributed by atoms with Crippen molar-refractivity contribution in [3.63, 3.8) is 0 Å². The highest BCUT2D eigenvalue weighted by Crippen LogP contribution is 2.23. The first-order valence-corrected chi connectivity index (χ1v) is 8.32. The van der Waals surface area contributed by atoms with Gasteiger partial charge in [-0.1, -0.05) is 48.5 Å². The minimum atomic E-state index is -0.863. The van der Waals surface area contributed by atoms with Crippen LogP contribution in [0, 0.1) is 11.6 Å². The Hall–Kier alpha value is -2.76. The summed E-state index contributed by atoms with van der Waals surface area (Å²) in [5.74, 6) is 4.67. The van der Waals surface area contributed by atoms with Gasteiger partial charge in [-0.25, -0.2) is 8.78 Å². The molecule has 0 heterocycles. The highest BCUT2D eigenvalue weighted by Gasteiger charge is 2.13. The summed E-state index contributed by atoms with van der Waals surface area (Å²) in [5.41, 5.74) is 5.37. The number of nitrogens with one attached hydrogen (secondary N) is 1. The van der Waals surface area contributed by atoms with Crippen LogP contribution in [0.25, 0.3) is 0 Å². The Kier molecular flexibility index (Phi) is 5.94. The van der Waals surface area contributed by atoms with Gasteiger partial charge < -0.3 is 4.74 Å². The van der Waals surface area contributed by atoms with Crippen molar-refractivity contribution < 1.29 is 13.5 Å². The van der Waals surface area contributed by atoms with Gasteiger partial charge in [0.15, 0.2) is 11.6 Å². The van der Waals surface area contributed by atoms with E-state index in [0.717, 1.165) is 22.9 Å². The number of halogens is 2. The Labute approximate surface area is 151 Å². The Morgan fingerprint density at radius 1 is 0.846 bits per heavy atom. The van der Waals surface area contributed by atoms with Gasteiger partial charge in [0.2, 0.25) is 0 Å². The second kappa shape index (κ2) is 8.56. The third-order valence-electron chi connectivity index (χ3n) is 4.13. The van der Waals surface area contributed by atoms with E-state index in [1.165, 1.54) is 6.07 Å². The number of rotatable bonds is 7. The van der Waals surface area contributed by atoms with Gasteiger partial charge in [-0.15, -0.1) is 0 Å². The summed E-state index contributed by atoms with van der Waals surface area (Å²) < 4.78 is 32.3. The average Bonchev–Trinajstić information content (AvgIpc) is 2.68. The van der Waals surface area contributed by atoms with Crippen LogP contribution in [0.1, 0.15) is 22.7 Å². The highest BCUT2D eigenvalue weighted by molar-refractivity contribution is 5.32. The molecule has 1 unspecified atom stereocenters. The van der Waals surface area contributed by atoms with Crippen molar-refractivity contribution >= 4 is 0 Å². The van der Waals surface area contributed by atoms with Crippen molar-refractivity contribution in [1.82, 2.24) is 5.43 Å². The van der Waals surface area contributed by atoms with Gasteiger partial charge in [0, 0.05) is 0 Å². The fourth-order valence-electron chi connectivity index (χ4n) is 2.74. The molecule has 0 amide bonds. The van der Waals surface area contributed by atoms with Crippen molar-refractivity contribution in [3.05, 3.63) is 101 Å². The van der Waals surface area contributed by atoms with E-state index < -0.39 is 11.6 Å². The Morgan fingerprint density at radius 3 is 2.38 bits per heavy atom. The summed E-state index contributed by atoms with van der Waals surface area (Å²) in [6.07, 6.45) is 0.426. The van der Waals surface area contributed by atoms with Crippen molar-refractivity contribution in [2.75, 3.05) is 0 Å². The van der Waals surface area contributed by atoms with Gasteiger partial charge in [0.1, 0.15) is 12.4 Å². The molecule has 3 rings (SSSR count). The largest absolute Gasteiger partial charge is 0.489 e. The minimum absolute atomic E-state index is 0.250. The van der Waals surface area contributed by atoms with Crippen LogP contribution in [0.4, 0.5) is 8.78 Å². The molecule has 5 heteroatoms. The van der Waals surface area contributed by atoms with E-state index in [-0.39, 0.29) is 6.04 Å². The molecule has 0 radical (unpaired) electrons. The first-order valence-electron chi connectivity index (χ1n) is 8.32. The van der Waals surface area contributed by atoms with E-state index in [2.05, 4.69) is 5.43 Å². The average molecular weight is 354 g/mol. The molecule has 0 aliphatic carbocycles. The normalized spacial score (nSPS) is 12.0. The molecule has 0 saturated carbocycles. The Balaban J connectivity index is 1.71. The van der Waals surface area contributed by atoms with Crippen LogP contribution in [0.15, 0.2) is 72.8 Å². The maximum atomic E-state index is 13.4. The maximum Gasteiger partial charge on any atom is 0.159 e. The number of hydrazine groups is 1. The molecule has 0 aliphatic heterocycles. The SMILES string of the molecule is NNC(Cc1ccc(F)c(F)c1)c1cccc(OCc2ccccc2)c1. The van der Waals surface area contributed by atoms with E-state index in [9.17, 15) is 8.78 Å². The number of benzene rings is 3. The number of hydrogen-bond donors (Lipinski definition) is 2. The van der Waals surface area contributed by atoms with Crippen LogP contribution in [-0.4, -0.2) is 0 Å². The lowest BCUT2D eigenvalue weighted by Gasteiger charge is -2.18. The standard InChI is InChI=1S/C21H20F2N2O/c22-19-10-9-16(11-20(19)23)12-21(25-24)17-7-4-8-18(13-17)26-14-15-5-2-1-3-6-15/h1-11,13,21,25H,12,14,24H2. The smallest absolute Gasteiger partial charge is 0.159 e. The molecule has 0 aromatic heterocycles. The molecular formula is C21H20F2N2O. The number of ether oxygens (including phenoxy) is 1. The fraction of sp³-hybridized carbons (Fsp3) is 0.143. The topological polar surface area (TPSA) is 47.3 Å². The van der Waals surface area contributed by atoms with Gasteiger partial charge in [-0.2, -0.15) is 0 Å². The molecule has 0 spiro atoms. The zero-order chi connectivity index (χ0) is 18.4. The van der Waals surface area contributed by atoms with Gasteiger partial charge in [0.25, 0.3) is 0 Å². The monoisotopic (exact) mass is 354 g/mol. The first-order chi connectivity index (χ1) is 12.7. The molecule has 3 aromatic rings.